The third-order valence-electron chi connectivity index (χ3n) is 5.62. The first-order valence-electron chi connectivity index (χ1n) is 10.6. The van der Waals surface area contributed by atoms with Gasteiger partial charge in [-0.1, -0.05) is 24.3 Å². The molecule has 2 aliphatic rings. The molecular weight excluding hydrogens is 414 g/mol. The Hall–Kier alpha value is -3.42. The molecule has 0 aromatic heterocycles. The molecule has 0 unspecified atom stereocenters. The highest BCUT2D eigenvalue weighted by atomic mass is 16.5. The summed E-state index contributed by atoms with van der Waals surface area (Å²) in [4.78, 5) is 55.5. The summed E-state index contributed by atoms with van der Waals surface area (Å²) < 4.78 is 15.9. The van der Waals surface area contributed by atoms with Crippen molar-refractivity contribution in [3.8, 4) is 0 Å². The van der Waals surface area contributed by atoms with E-state index in [0.717, 1.165) is 0 Å². The zero-order valence-electron chi connectivity index (χ0n) is 18.9. The van der Waals surface area contributed by atoms with Gasteiger partial charge in [-0.05, 0) is 38.0 Å². The number of carbonyl (C=O) groups is 4. The number of ether oxygens (including phenoxy) is 3. The number of hydrogen-bond donors (Lipinski definition) is 0. The standard InChI is InChI=1S/C24H27NO7/c1-6-30-21(27)18-17(25(4)5)13-16-14-11-9-10-12-15(14)20(26)19(22(28)31-7-2)24(16,18)23(29)32-8-3/h9-13,19H,6-8H2,1-5H3/t19-,24+/m1/s1. The van der Waals surface area contributed by atoms with Crippen molar-refractivity contribution in [2.75, 3.05) is 33.9 Å². The van der Waals surface area contributed by atoms with Gasteiger partial charge in [0.1, 0.15) is 11.3 Å². The Kier molecular flexibility index (Phi) is 6.52. The van der Waals surface area contributed by atoms with E-state index in [0.29, 0.717) is 16.8 Å². The molecule has 0 bridgehead atoms. The fourth-order valence-electron chi connectivity index (χ4n) is 4.44. The number of ketones is 1. The van der Waals surface area contributed by atoms with Crippen LogP contribution in [0.3, 0.4) is 0 Å². The summed E-state index contributed by atoms with van der Waals surface area (Å²) in [5.74, 6) is -4.79. The Labute approximate surface area is 186 Å². The van der Waals surface area contributed by atoms with Crippen molar-refractivity contribution in [3.05, 3.63) is 52.7 Å². The molecule has 0 N–H and O–H groups in total. The Morgan fingerprint density at radius 1 is 0.938 bits per heavy atom. The molecule has 2 atom stereocenters. The fourth-order valence-corrected chi connectivity index (χ4v) is 4.44. The molecule has 0 saturated heterocycles. The number of Topliss-reactive ketones (excluding diaryl/α,β-unsaturated/α-hetero) is 1. The summed E-state index contributed by atoms with van der Waals surface area (Å²) >= 11 is 0. The largest absolute Gasteiger partial charge is 0.465 e. The molecule has 0 radical (unpaired) electrons. The first kappa shape index (κ1) is 23.2. The maximum absolute atomic E-state index is 13.7. The zero-order valence-corrected chi connectivity index (χ0v) is 18.9. The van der Waals surface area contributed by atoms with Crippen molar-refractivity contribution < 1.29 is 33.4 Å². The van der Waals surface area contributed by atoms with Crippen molar-refractivity contribution in [3.63, 3.8) is 0 Å². The third kappa shape index (κ3) is 3.30. The second-order valence-corrected chi connectivity index (χ2v) is 7.56. The lowest BCUT2D eigenvalue weighted by Crippen LogP contribution is -2.53. The number of rotatable bonds is 7. The van der Waals surface area contributed by atoms with Crippen LogP contribution in [0.25, 0.3) is 5.57 Å². The topological polar surface area (TPSA) is 99.2 Å². The van der Waals surface area contributed by atoms with Gasteiger partial charge in [0.2, 0.25) is 0 Å². The number of fused-ring (bicyclic) bond motifs is 3. The molecule has 2 aliphatic carbocycles. The molecule has 0 saturated carbocycles. The van der Waals surface area contributed by atoms with Gasteiger partial charge < -0.3 is 19.1 Å². The van der Waals surface area contributed by atoms with Gasteiger partial charge in [-0.2, -0.15) is 0 Å². The van der Waals surface area contributed by atoms with Crippen LogP contribution in [-0.4, -0.2) is 62.5 Å². The van der Waals surface area contributed by atoms with E-state index in [9.17, 15) is 19.2 Å². The number of esters is 3. The number of allylic oxidation sites excluding steroid dienone is 1. The fraction of sp³-hybridized carbons (Fsp3) is 0.417. The second-order valence-electron chi connectivity index (χ2n) is 7.56. The van der Waals surface area contributed by atoms with Crippen molar-refractivity contribution in [2.24, 2.45) is 11.3 Å². The highest BCUT2D eigenvalue weighted by molar-refractivity contribution is 6.25. The van der Waals surface area contributed by atoms with Crippen LogP contribution in [0, 0.1) is 11.3 Å². The summed E-state index contributed by atoms with van der Waals surface area (Å²) in [5.41, 5.74) is -0.663. The van der Waals surface area contributed by atoms with Gasteiger partial charge in [0, 0.05) is 25.4 Å². The lowest BCUT2D eigenvalue weighted by Gasteiger charge is -2.40. The molecule has 0 heterocycles. The average molecular weight is 441 g/mol. The number of likely N-dealkylation sites (N-methyl/N-ethyl adjacent to an activating group) is 1. The molecule has 8 heteroatoms. The summed E-state index contributed by atoms with van der Waals surface area (Å²) in [6.45, 7) is 4.90. The number of hydrogen-bond acceptors (Lipinski definition) is 8. The van der Waals surface area contributed by atoms with Crippen molar-refractivity contribution >= 4 is 29.3 Å². The maximum atomic E-state index is 13.7. The van der Waals surface area contributed by atoms with Crippen LogP contribution >= 0.6 is 0 Å². The molecule has 8 nitrogen and oxygen atoms in total. The minimum Gasteiger partial charge on any atom is -0.465 e. The highest BCUT2D eigenvalue weighted by Crippen LogP contribution is 2.59. The van der Waals surface area contributed by atoms with Crippen molar-refractivity contribution in [1.82, 2.24) is 4.90 Å². The lowest BCUT2D eigenvalue weighted by molar-refractivity contribution is -0.162. The van der Waals surface area contributed by atoms with E-state index in [1.54, 1.807) is 70.1 Å². The first-order valence-corrected chi connectivity index (χ1v) is 10.6. The smallest absolute Gasteiger partial charge is 0.337 e. The van der Waals surface area contributed by atoms with Crippen LogP contribution in [0.5, 0.6) is 0 Å². The van der Waals surface area contributed by atoms with E-state index in [2.05, 4.69) is 0 Å². The molecule has 170 valence electrons. The van der Waals surface area contributed by atoms with E-state index >= 15 is 0 Å². The SMILES string of the molecule is CCOC(=O)C1=C(N(C)C)C=C2c3ccccc3C(=O)[C@H](C(=O)OCC)[C@]21C(=O)OCC. The quantitative estimate of drug-likeness (QED) is 0.361. The van der Waals surface area contributed by atoms with Gasteiger partial charge in [-0.25, -0.2) is 4.79 Å². The van der Waals surface area contributed by atoms with E-state index in [4.69, 9.17) is 14.2 Å². The molecule has 0 amide bonds. The minimum absolute atomic E-state index is 0.00120. The monoisotopic (exact) mass is 441 g/mol. The molecular formula is C24H27NO7. The van der Waals surface area contributed by atoms with Crippen LogP contribution in [0.2, 0.25) is 0 Å². The summed E-state index contributed by atoms with van der Waals surface area (Å²) in [6, 6.07) is 6.69. The van der Waals surface area contributed by atoms with Crippen molar-refractivity contribution in [1.29, 1.82) is 0 Å². The highest BCUT2D eigenvalue weighted by Gasteiger charge is 2.67. The first-order chi connectivity index (χ1) is 15.3. The average Bonchev–Trinajstić information content (AvgIpc) is 3.12. The maximum Gasteiger partial charge on any atom is 0.337 e. The van der Waals surface area contributed by atoms with Gasteiger partial charge in [-0.3, -0.25) is 14.4 Å². The number of nitrogens with zero attached hydrogens (tertiary/aromatic N) is 1. The van der Waals surface area contributed by atoms with Gasteiger partial charge in [0.05, 0.1) is 25.4 Å². The zero-order chi connectivity index (χ0) is 23.6. The lowest BCUT2D eigenvalue weighted by atomic mass is 9.59. The van der Waals surface area contributed by atoms with E-state index in [1.165, 1.54) is 0 Å². The Balaban J connectivity index is 2.47. The van der Waals surface area contributed by atoms with Gasteiger partial charge in [0.15, 0.2) is 5.78 Å². The Morgan fingerprint density at radius 3 is 2.09 bits per heavy atom. The molecule has 0 fully saturated rings. The van der Waals surface area contributed by atoms with E-state index in [1.807, 2.05) is 0 Å². The summed E-state index contributed by atoms with van der Waals surface area (Å²) in [5, 5.41) is 0. The van der Waals surface area contributed by atoms with Crippen LogP contribution in [0.1, 0.15) is 36.7 Å². The number of benzene rings is 1. The summed E-state index contributed by atoms with van der Waals surface area (Å²) in [7, 11) is 3.41. The van der Waals surface area contributed by atoms with Crippen LogP contribution in [0.15, 0.2) is 41.6 Å². The van der Waals surface area contributed by atoms with Gasteiger partial charge in [0.25, 0.3) is 0 Å². The molecule has 0 spiro atoms. The predicted octanol–water partition coefficient (Wildman–Crippen LogP) is 2.39. The predicted molar refractivity (Wildman–Crippen MR) is 115 cm³/mol. The van der Waals surface area contributed by atoms with Crippen molar-refractivity contribution in [2.45, 2.75) is 20.8 Å². The molecule has 1 aromatic carbocycles. The Bertz CT molecular complexity index is 1040. The van der Waals surface area contributed by atoms with Gasteiger partial charge in [-0.15, -0.1) is 0 Å². The normalized spacial score (nSPS) is 21.3. The summed E-state index contributed by atoms with van der Waals surface area (Å²) in [6.07, 6.45) is 1.65. The minimum atomic E-state index is -2.01. The molecule has 32 heavy (non-hydrogen) atoms. The molecule has 3 rings (SSSR count). The van der Waals surface area contributed by atoms with Crippen LogP contribution < -0.4 is 0 Å². The third-order valence-corrected chi connectivity index (χ3v) is 5.62. The Morgan fingerprint density at radius 2 is 1.53 bits per heavy atom. The van der Waals surface area contributed by atoms with E-state index < -0.39 is 35.0 Å². The van der Waals surface area contributed by atoms with Gasteiger partial charge >= 0.3 is 17.9 Å². The number of carbonyl (C=O) groups excluding carboxylic acids is 4. The molecule has 0 aliphatic heterocycles. The van der Waals surface area contributed by atoms with E-state index in [-0.39, 0.29) is 31.0 Å². The van der Waals surface area contributed by atoms with Crippen LogP contribution in [0.4, 0.5) is 0 Å². The molecule has 1 aromatic rings. The van der Waals surface area contributed by atoms with Crippen LogP contribution in [-0.2, 0) is 28.6 Å². The second kappa shape index (κ2) is 8.98.